The zero-order chi connectivity index (χ0) is 38.4. The van der Waals surface area contributed by atoms with Gasteiger partial charge in [-0.2, -0.15) is 0 Å². The minimum Gasteiger partial charge on any atom is -0.466 e. The molecule has 0 aromatic carbocycles. The Labute approximate surface area is 324 Å². The Kier molecular flexibility index (Phi) is 37.3. The molecule has 0 fully saturated rings. The van der Waals surface area contributed by atoms with E-state index in [0.29, 0.717) is 32.0 Å². The fraction of sp³-hybridized carbons (Fsp3) is 0.957. The van der Waals surface area contributed by atoms with Gasteiger partial charge in [0, 0.05) is 19.4 Å². The van der Waals surface area contributed by atoms with Crippen molar-refractivity contribution in [1.82, 2.24) is 4.90 Å². The first-order valence-electron chi connectivity index (χ1n) is 22.9. The highest BCUT2D eigenvalue weighted by Gasteiger charge is 2.22. The van der Waals surface area contributed by atoms with E-state index in [1.54, 1.807) is 0 Å². The van der Waals surface area contributed by atoms with Crippen molar-refractivity contribution >= 4 is 11.9 Å². The standard InChI is InChI=1S/C46H91NO5/c1-6-9-12-15-16-17-23-31-40-51-44(49)34-27-21-18-22-29-36-47(38-39-48)37-30-24-28-35-46(4,5)42-52-45(50)41-43(32-25-19-13-10-7-2)33-26-20-14-11-8-3/h43,48H,6-42H2,1-5H3. The summed E-state index contributed by atoms with van der Waals surface area (Å²) in [5.41, 5.74) is 0.000223. The lowest BCUT2D eigenvalue weighted by atomic mass is 9.87. The van der Waals surface area contributed by atoms with E-state index in [2.05, 4.69) is 39.5 Å². The Morgan fingerprint density at radius 2 is 1.00 bits per heavy atom. The number of rotatable bonds is 41. The quantitative estimate of drug-likeness (QED) is 0.0497. The lowest BCUT2D eigenvalue weighted by Gasteiger charge is -2.25. The molecule has 0 spiro atoms. The van der Waals surface area contributed by atoms with E-state index in [9.17, 15) is 14.7 Å². The van der Waals surface area contributed by atoms with Crippen LogP contribution in [0.4, 0.5) is 0 Å². The van der Waals surface area contributed by atoms with E-state index in [4.69, 9.17) is 9.47 Å². The van der Waals surface area contributed by atoms with Crippen LogP contribution in [0.2, 0.25) is 0 Å². The summed E-state index contributed by atoms with van der Waals surface area (Å²) in [4.78, 5) is 27.3. The van der Waals surface area contributed by atoms with Crippen molar-refractivity contribution in [1.29, 1.82) is 0 Å². The summed E-state index contributed by atoms with van der Waals surface area (Å²) < 4.78 is 11.3. The average Bonchev–Trinajstić information content (AvgIpc) is 3.12. The lowest BCUT2D eigenvalue weighted by molar-refractivity contribution is -0.148. The molecule has 0 rings (SSSR count). The molecule has 0 aliphatic carbocycles. The number of unbranched alkanes of at least 4 members (excludes halogenated alkanes) is 21. The maximum absolute atomic E-state index is 12.9. The third-order valence-corrected chi connectivity index (χ3v) is 10.9. The zero-order valence-electron chi connectivity index (χ0n) is 35.8. The predicted molar refractivity (Wildman–Crippen MR) is 223 cm³/mol. The maximum atomic E-state index is 12.9. The van der Waals surface area contributed by atoms with Crippen LogP contribution in [0.5, 0.6) is 0 Å². The third-order valence-electron chi connectivity index (χ3n) is 10.9. The second kappa shape index (κ2) is 38.1. The van der Waals surface area contributed by atoms with Gasteiger partial charge in [-0.05, 0) is 69.4 Å². The molecule has 0 amide bonds. The molecular formula is C46H91NO5. The first kappa shape index (κ1) is 50.9. The molecule has 1 N–H and O–H groups in total. The van der Waals surface area contributed by atoms with Gasteiger partial charge in [0.15, 0.2) is 0 Å². The van der Waals surface area contributed by atoms with Gasteiger partial charge >= 0.3 is 11.9 Å². The fourth-order valence-corrected chi connectivity index (χ4v) is 7.29. The Hall–Kier alpha value is -1.14. The van der Waals surface area contributed by atoms with Crippen LogP contribution in [0.25, 0.3) is 0 Å². The summed E-state index contributed by atoms with van der Waals surface area (Å²) in [6.07, 6.45) is 36.4. The summed E-state index contributed by atoms with van der Waals surface area (Å²) in [6.45, 7) is 15.3. The number of nitrogens with zero attached hydrogens (tertiary/aromatic N) is 1. The summed E-state index contributed by atoms with van der Waals surface area (Å²) in [5.74, 6) is 0.453. The second-order valence-electron chi connectivity index (χ2n) is 16.9. The van der Waals surface area contributed by atoms with Gasteiger partial charge in [-0.15, -0.1) is 0 Å². The molecule has 0 atom stereocenters. The van der Waals surface area contributed by atoms with Gasteiger partial charge in [-0.3, -0.25) is 9.59 Å². The Morgan fingerprint density at radius 1 is 0.538 bits per heavy atom. The summed E-state index contributed by atoms with van der Waals surface area (Å²) >= 11 is 0. The molecule has 310 valence electrons. The zero-order valence-corrected chi connectivity index (χ0v) is 35.8. The predicted octanol–water partition coefficient (Wildman–Crippen LogP) is 13.2. The number of carbonyl (C=O) groups is 2. The molecule has 0 saturated carbocycles. The Morgan fingerprint density at radius 3 is 1.54 bits per heavy atom. The van der Waals surface area contributed by atoms with Gasteiger partial charge in [0.25, 0.3) is 0 Å². The molecule has 0 aromatic rings. The Balaban J connectivity index is 4.07. The van der Waals surface area contributed by atoms with Crippen molar-refractivity contribution in [3.05, 3.63) is 0 Å². The number of aliphatic hydroxyl groups is 1. The van der Waals surface area contributed by atoms with Crippen molar-refractivity contribution < 1.29 is 24.2 Å². The van der Waals surface area contributed by atoms with Gasteiger partial charge in [-0.1, -0.05) is 176 Å². The molecule has 0 aliphatic rings. The van der Waals surface area contributed by atoms with Crippen molar-refractivity contribution in [3.8, 4) is 0 Å². The molecular weight excluding hydrogens is 647 g/mol. The van der Waals surface area contributed by atoms with E-state index < -0.39 is 0 Å². The fourth-order valence-electron chi connectivity index (χ4n) is 7.29. The molecule has 52 heavy (non-hydrogen) atoms. The van der Waals surface area contributed by atoms with Crippen LogP contribution in [0, 0.1) is 11.3 Å². The number of hydrogen-bond acceptors (Lipinski definition) is 6. The second-order valence-corrected chi connectivity index (χ2v) is 16.9. The van der Waals surface area contributed by atoms with Gasteiger partial charge in [-0.25, -0.2) is 0 Å². The maximum Gasteiger partial charge on any atom is 0.306 e. The van der Waals surface area contributed by atoms with E-state index in [1.807, 2.05) is 0 Å². The van der Waals surface area contributed by atoms with Crippen LogP contribution < -0.4 is 0 Å². The molecule has 0 radical (unpaired) electrons. The molecule has 0 heterocycles. The van der Waals surface area contributed by atoms with Crippen LogP contribution in [-0.2, 0) is 19.1 Å². The highest BCUT2D eigenvalue weighted by atomic mass is 16.5. The highest BCUT2D eigenvalue weighted by molar-refractivity contribution is 5.69. The van der Waals surface area contributed by atoms with Crippen LogP contribution in [0.15, 0.2) is 0 Å². The molecule has 0 saturated heterocycles. The summed E-state index contributed by atoms with van der Waals surface area (Å²) in [6, 6.07) is 0. The van der Waals surface area contributed by atoms with Crippen molar-refractivity contribution in [2.45, 2.75) is 234 Å². The van der Waals surface area contributed by atoms with Crippen LogP contribution in [-0.4, -0.2) is 61.4 Å². The van der Waals surface area contributed by atoms with Gasteiger partial charge in [0.05, 0.1) is 19.8 Å². The minimum absolute atomic E-state index is 0.000223. The van der Waals surface area contributed by atoms with Crippen molar-refractivity contribution in [2.75, 3.05) is 39.5 Å². The lowest BCUT2D eigenvalue weighted by Crippen LogP contribution is -2.29. The topological polar surface area (TPSA) is 76.1 Å². The summed E-state index contributed by atoms with van der Waals surface area (Å²) in [7, 11) is 0. The van der Waals surface area contributed by atoms with E-state index in [-0.39, 0.29) is 24.0 Å². The molecule has 0 aromatic heterocycles. The number of hydrogen-bond donors (Lipinski definition) is 1. The average molecular weight is 738 g/mol. The van der Waals surface area contributed by atoms with Crippen molar-refractivity contribution in [2.24, 2.45) is 11.3 Å². The normalized spacial score (nSPS) is 11.9. The van der Waals surface area contributed by atoms with Crippen molar-refractivity contribution in [3.63, 3.8) is 0 Å². The number of carbonyl (C=O) groups excluding carboxylic acids is 2. The highest BCUT2D eigenvalue weighted by Crippen LogP contribution is 2.26. The number of esters is 2. The van der Waals surface area contributed by atoms with Crippen LogP contribution >= 0.6 is 0 Å². The SMILES string of the molecule is CCCCCCCCCCOC(=O)CCCCCCCN(CCO)CCCCCC(C)(C)COC(=O)CC(CCCCCCC)CCCCCCC. The van der Waals surface area contributed by atoms with Gasteiger partial charge < -0.3 is 19.5 Å². The van der Waals surface area contributed by atoms with E-state index >= 15 is 0 Å². The Bertz CT molecular complexity index is 758. The molecule has 6 heteroatoms. The van der Waals surface area contributed by atoms with E-state index in [1.165, 1.54) is 128 Å². The largest absolute Gasteiger partial charge is 0.466 e. The minimum atomic E-state index is -0.0304. The first-order chi connectivity index (χ1) is 25.3. The smallest absolute Gasteiger partial charge is 0.306 e. The molecule has 0 aliphatic heterocycles. The molecule has 6 nitrogen and oxygen atoms in total. The number of aliphatic hydroxyl groups excluding tert-OH is 1. The summed E-state index contributed by atoms with van der Waals surface area (Å²) in [5, 5.41) is 9.59. The molecule has 0 bridgehead atoms. The molecule has 0 unspecified atom stereocenters. The van der Waals surface area contributed by atoms with Crippen LogP contribution in [0.3, 0.4) is 0 Å². The third kappa shape index (κ3) is 35.9. The van der Waals surface area contributed by atoms with Gasteiger partial charge in [0.2, 0.25) is 0 Å². The monoisotopic (exact) mass is 738 g/mol. The first-order valence-corrected chi connectivity index (χ1v) is 22.9. The van der Waals surface area contributed by atoms with Gasteiger partial charge in [0.1, 0.15) is 0 Å². The number of ether oxygens (including phenoxy) is 2. The van der Waals surface area contributed by atoms with E-state index in [0.717, 1.165) is 77.4 Å². The van der Waals surface area contributed by atoms with Crippen LogP contribution in [0.1, 0.15) is 234 Å².